The van der Waals surface area contributed by atoms with Crippen molar-refractivity contribution in [2.75, 3.05) is 36.1 Å². The summed E-state index contributed by atoms with van der Waals surface area (Å²) < 4.78 is 0. The third-order valence-corrected chi connectivity index (χ3v) is 5.24. The zero-order chi connectivity index (χ0) is 15.3. The maximum absolute atomic E-state index is 4.71. The number of rotatable bonds is 7. The molecule has 1 aromatic rings. The molecular formula is C16H28N4S. The lowest BCUT2D eigenvalue weighted by atomic mass is 9.82. The monoisotopic (exact) mass is 308 g/mol. The molecule has 1 fully saturated rings. The first-order chi connectivity index (χ1) is 10.2. The van der Waals surface area contributed by atoms with Gasteiger partial charge in [0.25, 0.3) is 0 Å². The molecule has 0 saturated carbocycles. The van der Waals surface area contributed by atoms with E-state index in [4.69, 9.17) is 4.98 Å². The Morgan fingerprint density at radius 1 is 1.29 bits per heavy atom. The summed E-state index contributed by atoms with van der Waals surface area (Å²) >= 11 is 1.61. The summed E-state index contributed by atoms with van der Waals surface area (Å²) in [6, 6.07) is 2.11. The summed E-state index contributed by atoms with van der Waals surface area (Å²) in [6.07, 6.45) is 6.92. The minimum absolute atomic E-state index is 0.474. The molecule has 0 aliphatic carbocycles. The Hall–Kier alpha value is -0.970. The number of hydrogen-bond donors (Lipinski definition) is 1. The molecule has 0 bridgehead atoms. The van der Waals surface area contributed by atoms with E-state index in [1.807, 2.05) is 6.26 Å². The summed E-state index contributed by atoms with van der Waals surface area (Å²) in [4.78, 5) is 11.7. The normalized spacial score (nSPS) is 17.2. The van der Waals surface area contributed by atoms with Gasteiger partial charge in [0.15, 0.2) is 5.16 Å². The Morgan fingerprint density at radius 2 is 2.05 bits per heavy atom. The summed E-state index contributed by atoms with van der Waals surface area (Å²) in [5.41, 5.74) is 0.474. The van der Waals surface area contributed by atoms with Crippen LogP contribution in [0.1, 0.15) is 46.5 Å². The molecule has 0 spiro atoms. The molecular weight excluding hydrogens is 280 g/mol. The van der Waals surface area contributed by atoms with Crippen molar-refractivity contribution in [2.45, 2.75) is 51.6 Å². The quantitative estimate of drug-likeness (QED) is 0.608. The summed E-state index contributed by atoms with van der Waals surface area (Å²) in [6.45, 7) is 9.99. The van der Waals surface area contributed by atoms with Gasteiger partial charge in [0.1, 0.15) is 11.6 Å². The molecule has 1 aliphatic heterocycles. The Labute approximate surface area is 133 Å². The van der Waals surface area contributed by atoms with Gasteiger partial charge in [-0.15, -0.1) is 0 Å². The third-order valence-electron chi connectivity index (χ3n) is 4.69. The van der Waals surface area contributed by atoms with Crippen LogP contribution in [0.4, 0.5) is 11.6 Å². The SMILES string of the molecule is CCCNc1cc(N2CCC(CC)(CC)C2)nc(SC)n1. The first kappa shape index (κ1) is 16.4. The Bertz CT molecular complexity index is 460. The Balaban J connectivity index is 2.19. The van der Waals surface area contributed by atoms with E-state index in [0.717, 1.165) is 42.8 Å². The highest BCUT2D eigenvalue weighted by Crippen LogP contribution is 2.39. The van der Waals surface area contributed by atoms with Crippen molar-refractivity contribution in [3.05, 3.63) is 6.07 Å². The van der Waals surface area contributed by atoms with Gasteiger partial charge in [-0.3, -0.25) is 0 Å². The van der Waals surface area contributed by atoms with Crippen LogP contribution in [0.2, 0.25) is 0 Å². The summed E-state index contributed by atoms with van der Waals surface area (Å²) in [7, 11) is 0. The molecule has 1 N–H and O–H groups in total. The van der Waals surface area contributed by atoms with Crippen molar-refractivity contribution in [2.24, 2.45) is 5.41 Å². The minimum Gasteiger partial charge on any atom is -0.370 e. The number of anilines is 2. The van der Waals surface area contributed by atoms with Gasteiger partial charge >= 0.3 is 0 Å². The predicted molar refractivity (Wildman–Crippen MR) is 92.4 cm³/mol. The number of hydrogen-bond acceptors (Lipinski definition) is 5. The van der Waals surface area contributed by atoms with Crippen LogP contribution < -0.4 is 10.2 Å². The number of nitrogens with one attached hydrogen (secondary N) is 1. The van der Waals surface area contributed by atoms with Crippen LogP contribution in [0.15, 0.2) is 11.2 Å². The van der Waals surface area contributed by atoms with E-state index in [1.165, 1.54) is 19.3 Å². The van der Waals surface area contributed by atoms with Gasteiger partial charge in [0.05, 0.1) is 0 Å². The average molecular weight is 308 g/mol. The first-order valence-corrected chi connectivity index (χ1v) is 9.30. The van der Waals surface area contributed by atoms with E-state index in [1.54, 1.807) is 11.8 Å². The van der Waals surface area contributed by atoms with Crippen LogP contribution in [-0.4, -0.2) is 35.9 Å². The Kier molecular flexibility index (Phi) is 5.73. The zero-order valence-corrected chi connectivity index (χ0v) is 14.6. The molecule has 118 valence electrons. The molecule has 0 amide bonds. The van der Waals surface area contributed by atoms with Gasteiger partial charge < -0.3 is 10.2 Å². The lowest BCUT2D eigenvalue weighted by molar-refractivity contribution is 0.301. The molecule has 0 aromatic carbocycles. The van der Waals surface area contributed by atoms with E-state index in [9.17, 15) is 0 Å². The van der Waals surface area contributed by atoms with Gasteiger partial charge in [-0.05, 0) is 37.4 Å². The van der Waals surface area contributed by atoms with E-state index < -0.39 is 0 Å². The maximum atomic E-state index is 4.71. The lowest BCUT2D eigenvalue weighted by Gasteiger charge is -2.27. The first-order valence-electron chi connectivity index (χ1n) is 8.08. The molecule has 1 saturated heterocycles. The molecule has 1 aliphatic rings. The van der Waals surface area contributed by atoms with Gasteiger partial charge in [0, 0.05) is 25.7 Å². The van der Waals surface area contributed by atoms with E-state index in [-0.39, 0.29) is 0 Å². The standard InChI is InChI=1S/C16H28N4S/c1-5-9-17-13-11-14(19-15(18-13)21-4)20-10-8-16(6-2,7-3)12-20/h11H,5-10,12H2,1-4H3,(H,17,18,19). The fourth-order valence-corrected chi connectivity index (χ4v) is 3.34. The number of aromatic nitrogens is 2. The topological polar surface area (TPSA) is 41.0 Å². The van der Waals surface area contributed by atoms with Crippen LogP contribution in [0, 0.1) is 5.41 Å². The lowest BCUT2D eigenvalue weighted by Crippen LogP contribution is -2.27. The van der Waals surface area contributed by atoms with Crippen LogP contribution in [0.5, 0.6) is 0 Å². The second-order valence-electron chi connectivity index (χ2n) is 5.90. The largest absolute Gasteiger partial charge is 0.370 e. The van der Waals surface area contributed by atoms with Crippen LogP contribution in [-0.2, 0) is 0 Å². The Morgan fingerprint density at radius 3 is 2.62 bits per heavy atom. The highest BCUT2D eigenvalue weighted by Gasteiger charge is 2.35. The van der Waals surface area contributed by atoms with Gasteiger partial charge in [-0.1, -0.05) is 32.5 Å². The van der Waals surface area contributed by atoms with Crippen LogP contribution in [0.25, 0.3) is 0 Å². The van der Waals surface area contributed by atoms with Crippen LogP contribution >= 0.6 is 11.8 Å². The van der Waals surface area contributed by atoms with Crippen molar-refractivity contribution in [1.29, 1.82) is 0 Å². The smallest absolute Gasteiger partial charge is 0.191 e. The average Bonchev–Trinajstić information content (AvgIpc) is 2.98. The minimum atomic E-state index is 0.474. The van der Waals surface area contributed by atoms with E-state index in [0.29, 0.717) is 5.41 Å². The second-order valence-corrected chi connectivity index (χ2v) is 6.68. The van der Waals surface area contributed by atoms with Crippen molar-refractivity contribution in [1.82, 2.24) is 9.97 Å². The number of nitrogens with zero attached hydrogens (tertiary/aromatic N) is 3. The van der Waals surface area contributed by atoms with E-state index >= 15 is 0 Å². The molecule has 2 heterocycles. The fourth-order valence-electron chi connectivity index (χ4n) is 2.97. The summed E-state index contributed by atoms with van der Waals surface area (Å²) in [5, 5.41) is 4.25. The maximum Gasteiger partial charge on any atom is 0.191 e. The van der Waals surface area contributed by atoms with Crippen molar-refractivity contribution in [3.8, 4) is 0 Å². The summed E-state index contributed by atoms with van der Waals surface area (Å²) in [5.74, 6) is 2.04. The molecule has 5 heteroatoms. The number of thioether (sulfide) groups is 1. The van der Waals surface area contributed by atoms with Gasteiger partial charge in [-0.2, -0.15) is 0 Å². The van der Waals surface area contributed by atoms with Gasteiger partial charge in [-0.25, -0.2) is 9.97 Å². The second kappa shape index (κ2) is 7.34. The highest BCUT2D eigenvalue weighted by molar-refractivity contribution is 7.98. The molecule has 0 unspecified atom stereocenters. The van der Waals surface area contributed by atoms with E-state index in [2.05, 4.69) is 42.0 Å². The molecule has 1 aromatic heterocycles. The fraction of sp³-hybridized carbons (Fsp3) is 0.750. The zero-order valence-electron chi connectivity index (χ0n) is 13.8. The van der Waals surface area contributed by atoms with Crippen molar-refractivity contribution < 1.29 is 0 Å². The molecule has 0 radical (unpaired) electrons. The molecule has 2 rings (SSSR count). The van der Waals surface area contributed by atoms with Crippen molar-refractivity contribution in [3.63, 3.8) is 0 Å². The van der Waals surface area contributed by atoms with Crippen molar-refractivity contribution >= 4 is 23.4 Å². The van der Waals surface area contributed by atoms with Crippen LogP contribution in [0.3, 0.4) is 0 Å². The predicted octanol–water partition coefficient (Wildman–Crippen LogP) is 4.04. The highest BCUT2D eigenvalue weighted by atomic mass is 32.2. The molecule has 4 nitrogen and oxygen atoms in total. The van der Waals surface area contributed by atoms with Gasteiger partial charge in [0.2, 0.25) is 0 Å². The molecule has 21 heavy (non-hydrogen) atoms. The third kappa shape index (κ3) is 3.82. The molecule has 0 atom stereocenters.